The van der Waals surface area contributed by atoms with Crippen LogP contribution in [0.25, 0.3) is 0 Å². The van der Waals surface area contributed by atoms with Crippen molar-refractivity contribution < 1.29 is 0 Å². The standard InChI is InChI=1S/C46H88N3/c1-4-7-9-11-13-15-17-19-21-23-25-27-29-31-33-35-37-39-42-45-47-44(41-6-3)48-46(49-45)43-40-38-36-34-32-30-28-26-24-22-20-18-16-14-12-10-8-5-2/h3-43H2,1-2H3. The molecule has 0 aliphatic rings. The average molecular weight is 683 g/mol. The van der Waals surface area contributed by atoms with E-state index in [2.05, 4.69) is 20.8 Å². The van der Waals surface area contributed by atoms with Gasteiger partial charge in [-0.2, -0.15) is 0 Å². The minimum Gasteiger partial charge on any atom is -0.218 e. The Morgan fingerprint density at radius 2 is 0.449 bits per heavy atom. The van der Waals surface area contributed by atoms with Crippen LogP contribution in [0, 0.1) is 6.92 Å². The smallest absolute Gasteiger partial charge is 0.132 e. The summed E-state index contributed by atoms with van der Waals surface area (Å²) in [6.45, 7) is 8.65. The molecular formula is C46H88N3. The van der Waals surface area contributed by atoms with Crippen molar-refractivity contribution in [3.05, 3.63) is 24.4 Å². The molecule has 0 aromatic carbocycles. The largest absolute Gasteiger partial charge is 0.218 e. The summed E-state index contributed by atoms with van der Waals surface area (Å²) in [5.41, 5.74) is 0. The number of hydrogen-bond donors (Lipinski definition) is 0. The van der Waals surface area contributed by atoms with Gasteiger partial charge in [-0.25, -0.2) is 15.0 Å². The SMILES string of the molecule is [CH2]CCc1nc(CCCCCCCCCCCCCCCCCCCC)nc(CCCCCCCCCCCCCCCCCCCC)n1. The number of unbranched alkanes of at least 4 members (excludes halogenated alkanes) is 34. The van der Waals surface area contributed by atoms with E-state index in [-0.39, 0.29) is 0 Å². The highest BCUT2D eigenvalue weighted by Crippen LogP contribution is 2.17. The van der Waals surface area contributed by atoms with Crippen molar-refractivity contribution in [1.82, 2.24) is 15.0 Å². The van der Waals surface area contributed by atoms with E-state index < -0.39 is 0 Å². The van der Waals surface area contributed by atoms with E-state index in [9.17, 15) is 0 Å². The molecule has 0 amide bonds. The zero-order valence-corrected chi connectivity index (χ0v) is 33.8. The van der Waals surface area contributed by atoms with Gasteiger partial charge in [0.1, 0.15) is 17.5 Å². The number of hydrogen-bond acceptors (Lipinski definition) is 3. The summed E-state index contributed by atoms with van der Waals surface area (Å²) >= 11 is 0. The summed E-state index contributed by atoms with van der Waals surface area (Å²) in [6, 6.07) is 0. The third-order valence-corrected chi connectivity index (χ3v) is 10.7. The van der Waals surface area contributed by atoms with Gasteiger partial charge in [-0.3, -0.25) is 0 Å². The molecule has 3 nitrogen and oxygen atoms in total. The van der Waals surface area contributed by atoms with E-state index >= 15 is 0 Å². The Morgan fingerprint density at radius 1 is 0.265 bits per heavy atom. The Labute approximate surface area is 309 Å². The maximum Gasteiger partial charge on any atom is 0.132 e. The molecule has 0 spiro atoms. The van der Waals surface area contributed by atoms with Crippen LogP contribution in [0.1, 0.15) is 269 Å². The first-order valence-corrected chi connectivity index (χ1v) is 22.8. The minimum absolute atomic E-state index is 0.862. The first-order chi connectivity index (χ1) is 24.3. The van der Waals surface area contributed by atoms with E-state index in [0.29, 0.717) is 0 Å². The Bertz CT molecular complexity index is 719. The van der Waals surface area contributed by atoms with Gasteiger partial charge in [0, 0.05) is 19.3 Å². The fraction of sp³-hybridized carbons (Fsp3) is 0.913. The van der Waals surface area contributed by atoms with Gasteiger partial charge < -0.3 is 0 Å². The Morgan fingerprint density at radius 3 is 0.653 bits per heavy atom. The van der Waals surface area contributed by atoms with Crippen LogP contribution < -0.4 is 0 Å². The normalized spacial score (nSPS) is 11.6. The van der Waals surface area contributed by atoms with Crippen molar-refractivity contribution in [3.63, 3.8) is 0 Å². The molecule has 287 valence electrons. The Hall–Kier alpha value is -0.990. The van der Waals surface area contributed by atoms with Crippen LogP contribution in [-0.2, 0) is 19.3 Å². The van der Waals surface area contributed by atoms with Crippen LogP contribution in [0.3, 0.4) is 0 Å². The van der Waals surface area contributed by atoms with Crippen molar-refractivity contribution >= 4 is 0 Å². The number of aromatic nitrogens is 3. The molecule has 0 aliphatic carbocycles. The first-order valence-electron chi connectivity index (χ1n) is 22.8. The molecule has 0 fully saturated rings. The molecule has 1 radical (unpaired) electrons. The molecule has 1 aromatic heterocycles. The molecule has 0 bridgehead atoms. The van der Waals surface area contributed by atoms with Crippen molar-refractivity contribution in [3.8, 4) is 0 Å². The van der Waals surface area contributed by atoms with E-state index in [1.807, 2.05) is 0 Å². The quantitative estimate of drug-likeness (QED) is 0.0647. The maximum atomic E-state index is 4.90. The molecule has 0 saturated heterocycles. The molecule has 49 heavy (non-hydrogen) atoms. The van der Waals surface area contributed by atoms with Crippen molar-refractivity contribution in [2.24, 2.45) is 0 Å². The maximum absolute atomic E-state index is 4.90. The van der Waals surface area contributed by atoms with Gasteiger partial charge in [-0.05, 0) is 19.3 Å². The third-order valence-electron chi connectivity index (χ3n) is 10.7. The molecule has 3 heteroatoms. The van der Waals surface area contributed by atoms with Crippen LogP contribution >= 0.6 is 0 Å². The highest BCUT2D eigenvalue weighted by molar-refractivity contribution is 4.99. The van der Waals surface area contributed by atoms with Crippen molar-refractivity contribution in [2.45, 2.75) is 271 Å². The fourth-order valence-electron chi connectivity index (χ4n) is 7.38. The number of nitrogens with zero attached hydrogens (tertiary/aromatic N) is 3. The second kappa shape index (κ2) is 38.2. The molecule has 1 rings (SSSR count). The van der Waals surface area contributed by atoms with Gasteiger partial charge in [0.25, 0.3) is 0 Å². The Balaban J connectivity index is 1.98. The van der Waals surface area contributed by atoms with Crippen LogP contribution in [0.5, 0.6) is 0 Å². The average Bonchev–Trinajstić information content (AvgIpc) is 3.10. The monoisotopic (exact) mass is 683 g/mol. The molecule has 0 aliphatic heterocycles. The first kappa shape index (κ1) is 46.0. The topological polar surface area (TPSA) is 38.7 Å². The Kier molecular flexibility index (Phi) is 35.9. The number of aryl methyl sites for hydroxylation is 3. The van der Waals surface area contributed by atoms with E-state index in [1.54, 1.807) is 0 Å². The van der Waals surface area contributed by atoms with Gasteiger partial charge >= 0.3 is 0 Å². The van der Waals surface area contributed by atoms with Crippen molar-refractivity contribution in [1.29, 1.82) is 0 Å². The second-order valence-electron chi connectivity index (χ2n) is 15.7. The molecule has 0 unspecified atom stereocenters. The lowest BCUT2D eigenvalue weighted by Crippen LogP contribution is -2.08. The number of rotatable bonds is 40. The van der Waals surface area contributed by atoms with Crippen molar-refractivity contribution in [2.75, 3.05) is 0 Å². The summed E-state index contributed by atoms with van der Waals surface area (Å²) in [5, 5.41) is 0. The van der Waals surface area contributed by atoms with Crippen LogP contribution in [0.15, 0.2) is 0 Å². The lowest BCUT2D eigenvalue weighted by atomic mass is 10.0. The fourth-order valence-corrected chi connectivity index (χ4v) is 7.38. The van der Waals surface area contributed by atoms with Gasteiger partial charge in [-0.15, -0.1) is 0 Å². The predicted octanol–water partition coefficient (Wildman–Crippen LogP) is 15.8. The van der Waals surface area contributed by atoms with Crippen LogP contribution in [0.4, 0.5) is 0 Å². The summed E-state index contributed by atoms with van der Waals surface area (Å²) < 4.78 is 0. The molecular weight excluding hydrogens is 595 g/mol. The molecule has 0 atom stereocenters. The summed E-state index contributed by atoms with van der Waals surface area (Å²) in [5.74, 6) is 3.04. The van der Waals surface area contributed by atoms with E-state index in [1.165, 1.54) is 231 Å². The summed E-state index contributed by atoms with van der Waals surface area (Å²) in [7, 11) is 0. The van der Waals surface area contributed by atoms with Gasteiger partial charge in [0.15, 0.2) is 0 Å². The molecule has 1 heterocycles. The molecule has 0 saturated carbocycles. The van der Waals surface area contributed by atoms with Crippen LogP contribution in [-0.4, -0.2) is 15.0 Å². The predicted molar refractivity (Wildman–Crippen MR) is 218 cm³/mol. The van der Waals surface area contributed by atoms with Gasteiger partial charge in [0.05, 0.1) is 0 Å². The lowest BCUT2D eigenvalue weighted by molar-refractivity contribution is 0.523. The van der Waals surface area contributed by atoms with Gasteiger partial charge in [0.2, 0.25) is 0 Å². The minimum atomic E-state index is 0.862. The lowest BCUT2D eigenvalue weighted by Gasteiger charge is -2.08. The zero-order valence-electron chi connectivity index (χ0n) is 33.8. The van der Waals surface area contributed by atoms with E-state index in [0.717, 1.165) is 43.2 Å². The van der Waals surface area contributed by atoms with Gasteiger partial charge in [-0.1, -0.05) is 239 Å². The third kappa shape index (κ3) is 32.6. The highest BCUT2D eigenvalue weighted by atomic mass is 15.0. The molecule has 0 N–H and O–H groups in total. The highest BCUT2D eigenvalue weighted by Gasteiger charge is 2.07. The summed E-state index contributed by atoms with van der Waals surface area (Å²) in [6.07, 6.45) is 54.8. The second-order valence-corrected chi connectivity index (χ2v) is 15.7. The van der Waals surface area contributed by atoms with Crippen LogP contribution in [0.2, 0.25) is 0 Å². The zero-order chi connectivity index (χ0) is 35.1. The molecule has 1 aromatic rings. The van der Waals surface area contributed by atoms with E-state index in [4.69, 9.17) is 15.0 Å². The summed E-state index contributed by atoms with van der Waals surface area (Å²) in [4.78, 5) is 14.5.